The number of aliphatic hydroxyl groups excluding tert-OH is 1. The predicted octanol–water partition coefficient (Wildman–Crippen LogP) is 3.75. The third-order valence-corrected chi connectivity index (χ3v) is 5.79. The molecule has 0 spiro atoms. The number of carboxylic acids is 1. The summed E-state index contributed by atoms with van der Waals surface area (Å²) in [5, 5.41) is 22.8. The van der Waals surface area contributed by atoms with Crippen LogP contribution in [0.15, 0.2) is 66.7 Å². The highest BCUT2D eigenvalue weighted by atomic mass is 19.1. The number of carboxylic acid groups (broad SMARTS) is 1. The lowest BCUT2D eigenvalue weighted by molar-refractivity contribution is -0.146. The molecule has 3 aromatic rings. The van der Waals surface area contributed by atoms with Crippen LogP contribution in [0.3, 0.4) is 0 Å². The zero-order valence-corrected chi connectivity index (χ0v) is 18.5. The Hall–Kier alpha value is -4.24. The van der Waals surface area contributed by atoms with Crippen LogP contribution < -0.4 is 10.6 Å². The number of hydrogen-bond donors (Lipinski definition) is 4. The fourth-order valence-electron chi connectivity index (χ4n) is 4.07. The van der Waals surface area contributed by atoms with Crippen molar-refractivity contribution < 1.29 is 33.7 Å². The maximum Gasteiger partial charge on any atom is 0.411 e. The van der Waals surface area contributed by atoms with Gasteiger partial charge in [-0.25, -0.2) is 14.0 Å². The number of carbonyl (C=O) groups excluding carboxylic acids is 2. The molecular weight excluding hydrogens is 455 g/mol. The minimum atomic E-state index is -1.64. The van der Waals surface area contributed by atoms with E-state index in [1.807, 2.05) is 48.5 Å². The number of halogens is 1. The highest BCUT2D eigenvalue weighted by Crippen LogP contribution is 2.44. The minimum absolute atomic E-state index is 0.0975. The van der Waals surface area contributed by atoms with E-state index < -0.39 is 29.9 Å². The van der Waals surface area contributed by atoms with Crippen molar-refractivity contribution in [1.82, 2.24) is 5.32 Å². The van der Waals surface area contributed by atoms with Crippen molar-refractivity contribution in [3.05, 3.63) is 89.2 Å². The van der Waals surface area contributed by atoms with E-state index in [4.69, 9.17) is 9.84 Å². The Morgan fingerprint density at radius 2 is 1.60 bits per heavy atom. The Balaban J connectivity index is 1.38. The number of hydrogen-bond acceptors (Lipinski definition) is 5. The van der Waals surface area contributed by atoms with Gasteiger partial charge in [0.1, 0.15) is 12.4 Å². The summed E-state index contributed by atoms with van der Waals surface area (Å²) < 4.78 is 19.6. The number of benzene rings is 3. The molecule has 8 nitrogen and oxygen atoms in total. The summed E-state index contributed by atoms with van der Waals surface area (Å²) in [4.78, 5) is 35.4. The molecule has 1 aliphatic carbocycles. The molecule has 2 amide bonds. The largest absolute Gasteiger partial charge is 0.479 e. The van der Waals surface area contributed by atoms with E-state index in [1.165, 1.54) is 6.07 Å². The lowest BCUT2D eigenvalue weighted by Gasteiger charge is -2.15. The summed E-state index contributed by atoms with van der Waals surface area (Å²) >= 11 is 0. The number of fused-ring (bicyclic) bond motifs is 3. The van der Waals surface area contributed by atoms with Crippen molar-refractivity contribution in [3.63, 3.8) is 0 Å². The second-order valence-electron chi connectivity index (χ2n) is 8.04. The molecule has 0 aliphatic heterocycles. The predicted molar refractivity (Wildman–Crippen MR) is 126 cm³/mol. The Labute approximate surface area is 200 Å². The Bertz CT molecular complexity index is 1230. The van der Waals surface area contributed by atoms with Crippen LogP contribution in [0, 0.1) is 5.82 Å². The van der Waals surface area contributed by atoms with Gasteiger partial charge in [-0.1, -0.05) is 48.5 Å². The topological polar surface area (TPSA) is 125 Å². The third kappa shape index (κ3) is 5.30. The van der Waals surface area contributed by atoms with E-state index in [0.717, 1.165) is 34.4 Å². The molecule has 4 N–H and O–H groups in total. The zero-order valence-electron chi connectivity index (χ0n) is 18.5. The molecule has 0 heterocycles. The first-order valence-corrected chi connectivity index (χ1v) is 11.0. The van der Waals surface area contributed by atoms with Crippen molar-refractivity contribution in [2.45, 2.75) is 18.4 Å². The average molecular weight is 478 g/mol. The molecule has 4 rings (SSSR count). The fourth-order valence-corrected chi connectivity index (χ4v) is 4.07. The van der Waals surface area contributed by atoms with Gasteiger partial charge in [-0.3, -0.25) is 10.1 Å². The maximum atomic E-state index is 14.2. The molecule has 0 fully saturated rings. The van der Waals surface area contributed by atoms with E-state index in [2.05, 4.69) is 10.6 Å². The van der Waals surface area contributed by atoms with E-state index >= 15 is 0 Å². The molecule has 0 bridgehead atoms. The van der Waals surface area contributed by atoms with Crippen LogP contribution in [-0.2, 0) is 9.53 Å². The lowest BCUT2D eigenvalue weighted by atomic mass is 9.98. The van der Waals surface area contributed by atoms with Gasteiger partial charge in [0.25, 0.3) is 5.91 Å². The average Bonchev–Trinajstić information content (AvgIpc) is 3.17. The Morgan fingerprint density at radius 3 is 2.23 bits per heavy atom. The maximum absolute atomic E-state index is 14.2. The van der Waals surface area contributed by atoms with Gasteiger partial charge in [0, 0.05) is 24.6 Å². The molecule has 1 atom stereocenters. The van der Waals surface area contributed by atoms with Crippen molar-refractivity contribution in [1.29, 1.82) is 0 Å². The van der Waals surface area contributed by atoms with Gasteiger partial charge in [-0.15, -0.1) is 0 Å². The fraction of sp³-hybridized carbons (Fsp3) is 0.192. The number of nitrogens with one attached hydrogen (secondary N) is 2. The first-order valence-electron chi connectivity index (χ1n) is 11.0. The molecule has 0 unspecified atom stereocenters. The number of carbonyl (C=O) groups is 3. The summed E-state index contributed by atoms with van der Waals surface area (Å²) in [5.41, 5.74) is 4.14. The number of aliphatic hydroxyl groups is 1. The molecule has 0 aromatic heterocycles. The van der Waals surface area contributed by atoms with Crippen LogP contribution in [-0.4, -0.2) is 47.4 Å². The monoisotopic (exact) mass is 478 g/mol. The molecule has 1 aliphatic rings. The van der Waals surface area contributed by atoms with Gasteiger partial charge in [-0.2, -0.15) is 0 Å². The van der Waals surface area contributed by atoms with Gasteiger partial charge in [0.15, 0.2) is 6.10 Å². The highest BCUT2D eigenvalue weighted by Gasteiger charge is 2.29. The third-order valence-electron chi connectivity index (χ3n) is 5.79. The quantitative estimate of drug-likeness (QED) is 0.391. The number of rotatable bonds is 8. The van der Waals surface area contributed by atoms with Gasteiger partial charge < -0.3 is 20.3 Å². The summed E-state index contributed by atoms with van der Waals surface area (Å²) in [6.45, 7) is -0.0733. The highest BCUT2D eigenvalue weighted by molar-refractivity contribution is 5.96. The van der Waals surface area contributed by atoms with Crippen LogP contribution in [0.5, 0.6) is 0 Å². The first kappa shape index (κ1) is 23.9. The lowest BCUT2D eigenvalue weighted by Crippen LogP contribution is -2.30. The number of amides is 2. The van der Waals surface area contributed by atoms with Crippen molar-refractivity contribution in [3.8, 4) is 11.1 Å². The van der Waals surface area contributed by atoms with Crippen molar-refractivity contribution >= 4 is 23.7 Å². The molecule has 35 heavy (non-hydrogen) atoms. The second-order valence-corrected chi connectivity index (χ2v) is 8.04. The second kappa shape index (κ2) is 10.4. The van der Waals surface area contributed by atoms with E-state index in [0.29, 0.717) is 0 Å². The Morgan fingerprint density at radius 1 is 0.971 bits per heavy atom. The van der Waals surface area contributed by atoms with E-state index in [1.54, 1.807) is 0 Å². The summed E-state index contributed by atoms with van der Waals surface area (Å²) in [7, 11) is 0. The van der Waals surface area contributed by atoms with Gasteiger partial charge in [0.05, 0.1) is 5.56 Å². The summed E-state index contributed by atoms with van der Waals surface area (Å²) in [6.07, 6.45) is -2.63. The van der Waals surface area contributed by atoms with Crippen LogP contribution in [0.4, 0.5) is 14.9 Å². The van der Waals surface area contributed by atoms with Crippen molar-refractivity contribution in [2.75, 3.05) is 18.5 Å². The van der Waals surface area contributed by atoms with E-state index in [-0.39, 0.29) is 36.7 Å². The minimum Gasteiger partial charge on any atom is -0.479 e. The van der Waals surface area contributed by atoms with Crippen LogP contribution in [0.2, 0.25) is 0 Å². The molecule has 9 heteroatoms. The first-order chi connectivity index (χ1) is 16.8. The molecular formula is C26H23FN2O6. The smallest absolute Gasteiger partial charge is 0.411 e. The van der Waals surface area contributed by atoms with E-state index in [9.17, 15) is 23.9 Å². The van der Waals surface area contributed by atoms with Crippen LogP contribution >= 0.6 is 0 Å². The molecule has 0 saturated heterocycles. The van der Waals surface area contributed by atoms with Crippen LogP contribution in [0.1, 0.15) is 33.8 Å². The standard InChI is InChI=1S/C26H23FN2O6/c27-22-10-9-15(13-20(22)24(31)28-12-11-23(30)25(32)33)29-26(34)35-14-21-18-7-3-1-5-16(18)17-6-2-4-8-19(17)21/h1-10,13,21,23,30H,11-12,14H2,(H,28,31)(H,29,34)(H,32,33)/t23-/m0/s1. The SMILES string of the molecule is O=C(Nc1ccc(F)c(C(=O)NCC[C@H](O)C(=O)O)c1)OCC1c2ccccc2-c2ccccc21. The summed E-state index contributed by atoms with van der Waals surface area (Å²) in [5.74, 6) is -3.17. The van der Waals surface area contributed by atoms with Crippen molar-refractivity contribution in [2.24, 2.45) is 0 Å². The van der Waals surface area contributed by atoms with Gasteiger partial charge in [-0.05, 0) is 40.5 Å². The molecule has 180 valence electrons. The number of aliphatic carboxylic acids is 1. The number of anilines is 1. The molecule has 3 aromatic carbocycles. The zero-order chi connectivity index (χ0) is 24.9. The summed E-state index contributed by atoms with van der Waals surface area (Å²) in [6, 6.07) is 19.3. The molecule has 0 radical (unpaired) electrons. The number of ether oxygens (including phenoxy) is 1. The van der Waals surface area contributed by atoms with Gasteiger partial charge in [0.2, 0.25) is 0 Å². The van der Waals surface area contributed by atoms with Crippen LogP contribution in [0.25, 0.3) is 11.1 Å². The Kier molecular flexibility index (Phi) is 7.07. The van der Waals surface area contributed by atoms with Gasteiger partial charge >= 0.3 is 12.1 Å². The normalized spacial score (nSPS) is 12.9. The molecule has 0 saturated carbocycles.